The standard InChI is InChI=1S/C12H20N2O3S2/c1-3-18(15)9-8-14-19(16,17)12-6-4-11(5-7-12)10(2)13/h4-7,10,14H,3,8-9,13H2,1-2H3. The number of nitrogens with two attached hydrogens (primary N) is 1. The van der Waals surface area contributed by atoms with Crippen LogP contribution in [0.2, 0.25) is 0 Å². The summed E-state index contributed by atoms with van der Waals surface area (Å²) in [5, 5.41) is 0. The van der Waals surface area contributed by atoms with Crippen LogP contribution in [0.5, 0.6) is 0 Å². The van der Waals surface area contributed by atoms with Gasteiger partial charge in [-0.3, -0.25) is 4.21 Å². The molecule has 0 aliphatic rings. The molecule has 0 radical (unpaired) electrons. The highest BCUT2D eigenvalue weighted by molar-refractivity contribution is 7.89. The summed E-state index contributed by atoms with van der Waals surface area (Å²) in [5.74, 6) is 0.860. The lowest BCUT2D eigenvalue weighted by atomic mass is 10.1. The third-order valence-corrected chi connectivity index (χ3v) is 5.44. The lowest BCUT2D eigenvalue weighted by Crippen LogP contribution is -2.28. The van der Waals surface area contributed by atoms with E-state index in [-0.39, 0.29) is 17.5 Å². The predicted molar refractivity (Wildman–Crippen MR) is 77.8 cm³/mol. The second-order valence-electron chi connectivity index (χ2n) is 4.19. The van der Waals surface area contributed by atoms with Gasteiger partial charge in [0.15, 0.2) is 0 Å². The summed E-state index contributed by atoms with van der Waals surface area (Å²) in [4.78, 5) is 0.194. The van der Waals surface area contributed by atoms with E-state index < -0.39 is 20.8 Å². The maximum atomic E-state index is 11.9. The van der Waals surface area contributed by atoms with Gasteiger partial charge in [-0.05, 0) is 24.6 Å². The monoisotopic (exact) mass is 304 g/mol. The fourth-order valence-electron chi connectivity index (χ4n) is 1.47. The van der Waals surface area contributed by atoms with Crippen LogP contribution in [0.1, 0.15) is 25.5 Å². The molecule has 0 heterocycles. The average Bonchev–Trinajstić information content (AvgIpc) is 2.38. The van der Waals surface area contributed by atoms with E-state index in [4.69, 9.17) is 5.73 Å². The molecule has 2 atom stereocenters. The highest BCUT2D eigenvalue weighted by Gasteiger charge is 2.13. The smallest absolute Gasteiger partial charge is 0.240 e. The zero-order chi connectivity index (χ0) is 14.5. The van der Waals surface area contributed by atoms with Crippen molar-refractivity contribution in [3.63, 3.8) is 0 Å². The quantitative estimate of drug-likeness (QED) is 0.778. The first-order valence-corrected chi connectivity index (χ1v) is 9.04. The fraction of sp³-hybridized carbons (Fsp3) is 0.500. The predicted octanol–water partition coefficient (Wildman–Crippen LogP) is 0.753. The molecule has 0 spiro atoms. The van der Waals surface area contributed by atoms with Crippen LogP contribution in [0.15, 0.2) is 29.2 Å². The molecule has 0 amide bonds. The topological polar surface area (TPSA) is 89.3 Å². The van der Waals surface area contributed by atoms with Gasteiger partial charge in [-0.1, -0.05) is 19.1 Å². The van der Waals surface area contributed by atoms with E-state index in [0.717, 1.165) is 5.56 Å². The van der Waals surface area contributed by atoms with Crippen molar-refractivity contribution in [3.05, 3.63) is 29.8 Å². The number of sulfonamides is 1. The Balaban J connectivity index is 2.69. The van der Waals surface area contributed by atoms with Crippen molar-refractivity contribution in [1.82, 2.24) is 4.72 Å². The van der Waals surface area contributed by atoms with Crippen LogP contribution >= 0.6 is 0 Å². The molecule has 1 aromatic carbocycles. The zero-order valence-corrected chi connectivity index (χ0v) is 12.8. The van der Waals surface area contributed by atoms with E-state index in [0.29, 0.717) is 11.5 Å². The summed E-state index contributed by atoms with van der Waals surface area (Å²) in [6.45, 7) is 3.82. The Morgan fingerprint density at radius 1 is 1.32 bits per heavy atom. The first-order valence-electron chi connectivity index (χ1n) is 6.07. The molecule has 0 fully saturated rings. The minimum absolute atomic E-state index is 0.128. The van der Waals surface area contributed by atoms with Gasteiger partial charge in [0.1, 0.15) is 0 Å². The summed E-state index contributed by atoms with van der Waals surface area (Å²) < 4.78 is 37.5. The highest BCUT2D eigenvalue weighted by atomic mass is 32.2. The van der Waals surface area contributed by atoms with Crippen molar-refractivity contribution in [1.29, 1.82) is 0 Å². The van der Waals surface area contributed by atoms with Gasteiger partial charge < -0.3 is 5.73 Å². The molecular weight excluding hydrogens is 284 g/mol. The van der Waals surface area contributed by atoms with Gasteiger partial charge >= 0.3 is 0 Å². The summed E-state index contributed by atoms with van der Waals surface area (Å²) in [7, 11) is -4.50. The van der Waals surface area contributed by atoms with Crippen molar-refractivity contribution in [2.24, 2.45) is 5.73 Å². The molecule has 1 aromatic rings. The van der Waals surface area contributed by atoms with Crippen LogP contribution in [0.25, 0.3) is 0 Å². The van der Waals surface area contributed by atoms with Crippen LogP contribution in [0.4, 0.5) is 0 Å². The van der Waals surface area contributed by atoms with Gasteiger partial charge in [0.2, 0.25) is 10.0 Å². The molecule has 0 saturated heterocycles. The minimum Gasteiger partial charge on any atom is -0.324 e. The molecule has 5 nitrogen and oxygen atoms in total. The van der Waals surface area contributed by atoms with Crippen LogP contribution in [-0.2, 0) is 20.8 Å². The van der Waals surface area contributed by atoms with E-state index in [2.05, 4.69) is 4.72 Å². The summed E-state index contributed by atoms with van der Waals surface area (Å²) in [6.07, 6.45) is 0. The second kappa shape index (κ2) is 7.14. The molecule has 0 aromatic heterocycles. The molecule has 1 rings (SSSR count). The summed E-state index contributed by atoms with van der Waals surface area (Å²) >= 11 is 0. The van der Waals surface area contributed by atoms with Gasteiger partial charge in [-0.2, -0.15) is 0 Å². The Morgan fingerprint density at radius 3 is 2.37 bits per heavy atom. The lowest BCUT2D eigenvalue weighted by Gasteiger charge is -2.09. The summed E-state index contributed by atoms with van der Waals surface area (Å²) in [5.41, 5.74) is 6.58. The molecule has 2 unspecified atom stereocenters. The molecule has 108 valence electrons. The van der Waals surface area contributed by atoms with Gasteiger partial charge in [0, 0.05) is 34.9 Å². The van der Waals surface area contributed by atoms with Crippen molar-refractivity contribution >= 4 is 20.8 Å². The lowest BCUT2D eigenvalue weighted by molar-refractivity contribution is 0.584. The van der Waals surface area contributed by atoms with Crippen LogP contribution < -0.4 is 10.5 Å². The average molecular weight is 304 g/mol. The molecule has 3 N–H and O–H groups in total. The molecule has 0 aliphatic heterocycles. The third-order valence-electron chi connectivity index (χ3n) is 2.66. The maximum absolute atomic E-state index is 11.9. The zero-order valence-electron chi connectivity index (χ0n) is 11.1. The fourth-order valence-corrected chi connectivity index (χ4v) is 3.25. The Morgan fingerprint density at radius 2 is 1.89 bits per heavy atom. The Kier molecular flexibility index (Phi) is 6.12. The number of hydrogen-bond donors (Lipinski definition) is 2. The Bertz CT molecular complexity index is 524. The van der Waals surface area contributed by atoms with E-state index in [9.17, 15) is 12.6 Å². The molecule has 0 bridgehead atoms. The second-order valence-corrected chi connectivity index (χ2v) is 7.82. The largest absolute Gasteiger partial charge is 0.324 e. The van der Waals surface area contributed by atoms with E-state index in [1.54, 1.807) is 19.1 Å². The number of benzene rings is 1. The Labute approximate surface area is 117 Å². The Hall–Kier alpha value is -0.760. The van der Waals surface area contributed by atoms with E-state index >= 15 is 0 Å². The molecular formula is C12H20N2O3S2. The van der Waals surface area contributed by atoms with Gasteiger partial charge in [-0.25, -0.2) is 13.1 Å². The van der Waals surface area contributed by atoms with Crippen LogP contribution in [0, 0.1) is 0 Å². The summed E-state index contributed by atoms with van der Waals surface area (Å²) in [6, 6.07) is 6.32. The van der Waals surface area contributed by atoms with Crippen molar-refractivity contribution < 1.29 is 12.6 Å². The third kappa shape index (κ3) is 5.02. The van der Waals surface area contributed by atoms with Crippen molar-refractivity contribution in [2.45, 2.75) is 24.8 Å². The SMILES string of the molecule is CCS(=O)CCNS(=O)(=O)c1ccc(C(C)N)cc1. The minimum atomic E-state index is -3.53. The first-order chi connectivity index (χ1) is 8.86. The maximum Gasteiger partial charge on any atom is 0.240 e. The van der Waals surface area contributed by atoms with Gasteiger partial charge in [-0.15, -0.1) is 0 Å². The molecule has 0 saturated carbocycles. The highest BCUT2D eigenvalue weighted by Crippen LogP contribution is 2.14. The van der Waals surface area contributed by atoms with E-state index in [1.165, 1.54) is 12.1 Å². The molecule has 19 heavy (non-hydrogen) atoms. The number of hydrogen-bond acceptors (Lipinski definition) is 4. The number of rotatable bonds is 7. The van der Waals surface area contributed by atoms with Crippen molar-refractivity contribution in [3.8, 4) is 0 Å². The van der Waals surface area contributed by atoms with Gasteiger partial charge in [0.05, 0.1) is 4.90 Å². The first kappa shape index (κ1) is 16.3. The van der Waals surface area contributed by atoms with E-state index in [1.807, 2.05) is 6.92 Å². The van der Waals surface area contributed by atoms with Crippen LogP contribution in [-0.4, -0.2) is 30.7 Å². The normalized spacial score (nSPS) is 15.1. The van der Waals surface area contributed by atoms with Gasteiger partial charge in [0.25, 0.3) is 0 Å². The number of nitrogens with one attached hydrogen (secondary N) is 1. The molecule has 0 aliphatic carbocycles. The molecule has 7 heteroatoms. The van der Waals surface area contributed by atoms with Crippen molar-refractivity contribution in [2.75, 3.05) is 18.1 Å². The van der Waals surface area contributed by atoms with Crippen LogP contribution in [0.3, 0.4) is 0 Å².